The summed E-state index contributed by atoms with van der Waals surface area (Å²) >= 11 is 0. The second-order valence-corrected chi connectivity index (χ2v) is 6.26. The zero-order valence-corrected chi connectivity index (χ0v) is 11.6. The number of amides is 1. The summed E-state index contributed by atoms with van der Waals surface area (Å²) in [5, 5.41) is 2.65. The first-order valence-electron chi connectivity index (χ1n) is 6.20. The minimum Gasteiger partial charge on any atom is -0.399 e. The molecule has 0 saturated carbocycles. The van der Waals surface area contributed by atoms with Crippen molar-refractivity contribution in [1.82, 2.24) is 0 Å². The van der Waals surface area contributed by atoms with Gasteiger partial charge in [-0.2, -0.15) is 0 Å². The van der Waals surface area contributed by atoms with Crippen LogP contribution in [0.15, 0.2) is 24.3 Å². The van der Waals surface area contributed by atoms with Crippen molar-refractivity contribution in [3.8, 4) is 0 Å². The Balaban J connectivity index is 1.89. The molecule has 1 aliphatic rings. The number of nitrogens with two attached hydrogens (primary N) is 1. The zero-order valence-electron chi connectivity index (χ0n) is 10.8. The molecule has 1 amide bonds. The van der Waals surface area contributed by atoms with Crippen LogP contribution in [0.3, 0.4) is 0 Å². The van der Waals surface area contributed by atoms with E-state index in [1.165, 1.54) is 0 Å². The normalized spacial score (nSPS) is 24.1. The van der Waals surface area contributed by atoms with E-state index in [-0.39, 0.29) is 23.0 Å². The lowest BCUT2D eigenvalue weighted by Crippen LogP contribution is -2.30. The summed E-state index contributed by atoms with van der Waals surface area (Å²) in [6, 6.07) is 6.92. The highest BCUT2D eigenvalue weighted by Crippen LogP contribution is 2.19. The lowest BCUT2D eigenvalue weighted by Gasteiger charge is -2.13. The van der Waals surface area contributed by atoms with E-state index in [1.807, 2.05) is 6.92 Å². The molecule has 0 aliphatic carbocycles. The number of nitrogens with one attached hydrogen (secondary N) is 1. The number of carbonyl (C=O) groups is 1. The van der Waals surface area contributed by atoms with Crippen LogP contribution in [0, 0.1) is 0 Å². The summed E-state index contributed by atoms with van der Waals surface area (Å²) in [6.45, 7) is 2.51. The Morgan fingerprint density at radius 1 is 1.58 bits per heavy atom. The first kappa shape index (κ1) is 14.0. The molecular formula is C13H18N2O3S. The van der Waals surface area contributed by atoms with Crippen molar-refractivity contribution < 1.29 is 13.7 Å². The van der Waals surface area contributed by atoms with Gasteiger partial charge in [0.25, 0.3) is 0 Å². The van der Waals surface area contributed by atoms with Crippen molar-refractivity contribution in [3.63, 3.8) is 0 Å². The number of benzene rings is 1. The number of rotatable bonds is 4. The average molecular weight is 282 g/mol. The van der Waals surface area contributed by atoms with Crippen LogP contribution in [-0.4, -0.2) is 33.8 Å². The Morgan fingerprint density at radius 2 is 2.37 bits per heavy atom. The second-order valence-electron chi connectivity index (χ2n) is 4.60. The number of anilines is 2. The van der Waals surface area contributed by atoms with Crippen LogP contribution in [0.5, 0.6) is 0 Å². The van der Waals surface area contributed by atoms with Gasteiger partial charge in [-0.25, -0.2) is 0 Å². The van der Waals surface area contributed by atoms with E-state index in [0.29, 0.717) is 18.0 Å². The Bertz CT molecular complexity index is 493. The van der Waals surface area contributed by atoms with Gasteiger partial charge in [0.15, 0.2) is 0 Å². The highest BCUT2D eigenvalue weighted by molar-refractivity contribution is 7.86. The van der Waals surface area contributed by atoms with Gasteiger partial charge in [-0.15, -0.1) is 0 Å². The van der Waals surface area contributed by atoms with E-state index in [1.54, 1.807) is 24.3 Å². The molecule has 6 heteroatoms. The van der Waals surface area contributed by atoms with E-state index in [9.17, 15) is 9.00 Å². The predicted molar refractivity (Wildman–Crippen MR) is 76.3 cm³/mol. The van der Waals surface area contributed by atoms with Gasteiger partial charge in [-0.1, -0.05) is 6.07 Å². The fourth-order valence-electron chi connectivity index (χ4n) is 2.11. The van der Waals surface area contributed by atoms with Gasteiger partial charge in [0, 0.05) is 28.8 Å². The SMILES string of the molecule is CC1OCCC1S(=O)CC(=O)Nc1cccc(N)c1. The van der Waals surface area contributed by atoms with Crippen LogP contribution in [0.4, 0.5) is 11.4 Å². The predicted octanol–water partition coefficient (Wildman–Crippen LogP) is 1.13. The van der Waals surface area contributed by atoms with Gasteiger partial charge < -0.3 is 15.8 Å². The Hall–Kier alpha value is -1.40. The standard InChI is InChI=1S/C13H18N2O3S/c1-9-12(5-6-18-9)19(17)8-13(16)15-11-4-2-3-10(14)7-11/h2-4,7,9,12H,5-6,8,14H2,1H3,(H,15,16). The minimum absolute atomic E-state index is 0.00678. The minimum atomic E-state index is -1.20. The van der Waals surface area contributed by atoms with Crippen molar-refractivity contribution in [1.29, 1.82) is 0 Å². The number of nitrogen functional groups attached to an aromatic ring is 1. The molecule has 5 nitrogen and oxygen atoms in total. The van der Waals surface area contributed by atoms with Crippen LogP contribution in [0.2, 0.25) is 0 Å². The summed E-state index contributed by atoms with van der Waals surface area (Å²) in [7, 11) is -1.20. The van der Waals surface area contributed by atoms with E-state index >= 15 is 0 Å². The molecule has 3 N–H and O–H groups in total. The molecule has 1 saturated heterocycles. The molecule has 1 aliphatic heterocycles. The van der Waals surface area contributed by atoms with Crippen molar-refractivity contribution in [2.45, 2.75) is 24.7 Å². The summed E-state index contributed by atoms with van der Waals surface area (Å²) < 4.78 is 17.4. The summed E-state index contributed by atoms with van der Waals surface area (Å²) in [6.07, 6.45) is 0.709. The fourth-order valence-corrected chi connectivity index (χ4v) is 3.52. The second kappa shape index (κ2) is 6.16. The third kappa shape index (κ3) is 3.78. The van der Waals surface area contributed by atoms with E-state index < -0.39 is 10.8 Å². The molecule has 3 unspecified atom stereocenters. The average Bonchev–Trinajstić information content (AvgIpc) is 2.75. The summed E-state index contributed by atoms with van der Waals surface area (Å²) in [5.74, 6) is -0.268. The smallest absolute Gasteiger partial charge is 0.237 e. The first-order valence-corrected chi connectivity index (χ1v) is 7.58. The van der Waals surface area contributed by atoms with Gasteiger partial charge in [0.2, 0.25) is 5.91 Å². The van der Waals surface area contributed by atoms with Crippen molar-refractivity contribution in [2.75, 3.05) is 23.4 Å². The maximum absolute atomic E-state index is 12.1. The van der Waals surface area contributed by atoms with Crippen molar-refractivity contribution >= 4 is 28.1 Å². The van der Waals surface area contributed by atoms with Crippen LogP contribution in [0.25, 0.3) is 0 Å². The molecule has 3 atom stereocenters. The van der Waals surface area contributed by atoms with Gasteiger partial charge in [0.1, 0.15) is 5.75 Å². The molecule has 1 aromatic carbocycles. The van der Waals surface area contributed by atoms with E-state index in [4.69, 9.17) is 10.5 Å². The molecule has 2 rings (SSSR count). The van der Waals surface area contributed by atoms with E-state index in [0.717, 1.165) is 6.42 Å². The molecule has 19 heavy (non-hydrogen) atoms. The molecule has 1 fully saturated rings. The topological polar surface area (TPSA) is 81.4 Å². The van der Waals surface area contributed by atoms with Crippen LogP contribution in [-0.2, 0) is 20.3 Å². The quantitative estimate of drug-likeness (QED) is 0.811. The molecular weight excluding hydrogens is 264 g/mol. The summed E-state index contributed by atoms with van der Waals surface area (Å²) in [4.78, 5) is 11.8. The maximum Gasteiger partial charge on any atom is 0.237 e. The number of hydrogen-bond acceptors (Lipinski definition) is 4. The Labute approximate surface area is 115 Å². The number of ether oxygens (including phenoxy) is 1. The van der Waals surface area contributed by atoms with Crippen molar-refractivity contribution in [2.24, 2.45) is 0 Å². The van der Waals surface area contributed by atoms with E-state index in [2.05, 4.69) is 5.32 Å². The lowest BCUT2D eigenvalue weighted by molar-refractivity contribution is -0.113. The monoisotopic (exact) mass is 282 g/mol. The number of hydrogen-bond donors (Lipinski definition) is 2. The third-order valence-electron chi connectivity index (χ3n) is 3.09. The maximum atomic E-state index is 12.1. The van der Waals surface area contributed by atoms with Gasteiger partial charge >= 0.3 is 0 Å². The summed E-state index contributed by atoms with van der Waals surface area (Å²) in [5.41, 5.74) is 6.83. The Morgan fingerprint density at radius 3 is 3.00 bits per heavy atom. The Kier molecular flexibility index (Phi) is 4.55. The highest BCUT2D eigenvalue weighted by atomic mass is 32.2. The van der Waals surface area contributed by atoms with Gasteiger partial charge in [-0.3, -0.25) is 9.00 Å². The first-order chi connectivity index (χ1) is 9.06. The van der Waals surface area contributed by atoms with Crippen LogP contribution < -0.4 is 11.1 Å². The number of carbonyl (C=O) groups excluding carboxylic acids is 1. The molecule has 1 heterocycles. The van der Waals surface area contributed by atoms with Gasteiger partial charge in [0.05, 0.1) is 11.4 Å². The molecule has 0 radical (unpaired) electrons. The molecule has 0 spiro atoms. The fraction of sp³-hybridized carbons (Fsp3) is 0.462. The zero-order chi connectivity index (χ0) is 13.8. The highest BCUT2D eigenvalue weighted by Gasteiger charge is 2.30. The molecule has 104 valence electrons. The largest absolute Gasteiger partial charge is 0.399 e. The lowest BCUT2D eigenvalue weighted by atomic mass is 10.3. The van der Waals surface area contributed by atoms with Crippen LogP contribution >= 0.6 is 0 Å². The van der Waals surface area contributed by atoms with Gasteiger partial charge in [-0.05, 0) is 31.5 Å². The molecule has 0 aromatic heterocycles. The molecule has 0 bridgehead atoms. The molecule has 1 aromatic rings. The van der Waals surface area contributed by atoms with Crippen molar-refractivity contribution in [3.05, 3.63) is 24.3 Å². The third-order valence-corrected chi connectivity index (χ3v) is 4.93. The van der Waals surface area contributed by atoms with Crippen LogP contribution in [0.1, 0.15) is 13.3 Å².